The number of para-hydroxylation sites is 2. The van der Waals surface area contributed by atoms with Crippen molar-refractivity contribution in [2.45, 2.75) is 19.3 Å². The molecule has 13 aromatic rings. The van der Waals surface area contributed by atoms with E-state index < -0.39 is 0 Å². The fourth-order valence-corrected chi connectivity index (χ4v) is 12.2. The molecule has 0 spiro atoms. The average Bonchev–Trinajstić information content (AvgIpc) is 4.11. The van der Waals surface area contributed by atoms with Gasteiger partial charge in [-0.25, -0.2) is 0 Å². The van der Waals surface area contributed by atoms with Gasteiger partial charge in [0.25, 0.3) is 0 Å². The summed E-state index contributed by atoms with van der Waals surface area (Å²) in [6, 6.07) is 80.1. The molecular formula is C63H42N2OS. The largest absolute Gasteiger partial charge is 0.455 e. The Bertz CT molecular complexity index is 4110. The van der Waals surface area contributed by atoms with Crippen LogP contribution in [0.25, 0.3) is 103 Å². The molecule has 1 aliphatic carbocycles. The van der Waals surface area contributed by atoms with Gasteiger partial charge in [0.15, 0.2) is 0 Å². The molecule has 14 rings (SSSR count). The fourth-order valence-electron chi connectivity index (χ4n) is 11.1. The summed E-state index contributed by atoms with van der Waals surface area (Å²) in [4.78, 5) is 2.41. The number of fused-ring (bicyclic) bond motifs is 13. The first-order valence-corrected chi connectivity index (χ1v) is 23.9. The van der Waals surface area contributed by atoms with Crippen molar-refractivity contribution in [3.05, 3.63) is 230 Å². The van der Waals surface area contributed by atoms with Gasteiger partial charge >= 0.3 is 0 Å². The van der Waals surface area contributed by atoms with Gasteiger partial charge in [-0.1, -0.05) is 141 Å². The number of thiophene rings is 1. The second-order valence-corrected chi connectivity index (χ2v) is 19.6. The molecule has 3 aromatic heterocycles. The van der Waals surface area contributed by atoms with Crippen molar-refractivity contribution in [2.75, 3.05) is 4.90 Å². The SMILES string of the molecule is CC1(C)c2ccccc2-c2ccc(N(c3ccc(-c4ccc(-n5c6ccccc6c6c7oc8ccccc8c7ccc65)cc4)cc3)c3ccc(-c4ccc5sc6ccccc6c5c4)cc3)cc21. The second kappa shape index (κ2) is 14.4. The Kier molecular flexibility index (Phi) is 8.20. The molecule has 10 aromatic carbocycles. The molecule has 0 saturated carbocycles. The topological polar surface area (TPSA) is 21.3 Å². The highest BCUT2D eigenvalue weighted by molar-refractivity contribution is 7.25. The Labute approximate surface area is 392 Å². The summed E-state index contributed by atoms with van der Waals surface area (Å²) in [5.74, 6) is 0. The van der Waals surface area contributed by atoms with Crippen molar-refractivity contribution in [3.8, 4) is 39.1 Å². The highest BCUT2D eigenvalue weighted by atomic mass is 32.1. The number of furan rings is 1. The van der Waals surface area contributed by atoms with E-state index in [4.69, 9.17) is 4.42 Å². The molecule has 0 aliphatic heterocycles. The highest BCUT2D eigenvalue weighted by Gasteiger charge is 2.35. The molecule has 3 heterocycles. The Morgan fingerprint density at radius 1 is 0.418 bits per heavy atom. The van der Waals surface area contributed by atoms with E-state index in [2.05, 4.69) is 236 Å². The number of hydrogen-bond acceptors (Lipinski definition) is 3. The summed E-state index contributed by atoms with van der Waals surface area (Å²) in [6.45, 7) is 4.71. The number of anilines is 3. The minimum Gasteiger partial charge on any atom is -0.455 e. The van der Waals surface area contributed by atoms with Gasteiger partial charge < -0.3 is 13.9 Å². The minimum absolute atomic E-state index is 0.114. The van der Waals surface area contributed by atoms with E-state index >= 15 is 0 Å². The number of nitrogens with zero attached hydrogens (tertiary/aromatic N) is 2. The molecular weight excluding hydrogens is 833 g/mol. The third kappa shape index (κ3) is 5.76. The lowest BCUT2D eigenvalue weighted by molar-refractivity contribution is 0.660. The summed E-state index contributed by atoms with van der Waals surface area (Å²) in [5.41, 5.74) is 18.6. The maximum absolute atomic E-state index is 6.55. The lowest BCUT2D eigenvalue weighted by atomic mass is 9.82. The van der Waals surface area contributed by atoms with Gasteiger partial charge in [0.1, 0.15) is 11.2 Å². The number of rotatable bonds is 6. The van der Waals surface area contributed by atoms with E-state index in [0.717, 1.165) is 61.1 Å². The van der Waals surface area contributed by atoms with Crippen LogP contribution in [0.5, 0.6) is 0 Å². The molecule has 1 aliphatic rings. The molecule has 0 atom stereocenters. The molecule has 0 fully saturated rings. The normalized spacial score (nSPS) is 13.0. The van der Waals surface area contributed by atoms with Crippen molar-refractivity contribution in [3.63, 3.8) is 0 Å². The molecule has 67 heavy (non-hydrogen) atoms. The third-order valence-corrected chi connectivity index (χ3v) is 15.6. The number of hydrogen-bond donors (Lipinski definition) is 0. The van der Waals surface area contributed by atoms with Crippen LogP contribution in [0.1, 0.15) is 25.0 Å². The Hall–Kier alpha value is -8.18. The number of aromatic nitrogens is 1. The lowest BCUT2D eigenvalue weighted by Gasteiger charge is -2.28. The molecule has 316 valence electrons. The molecule has 0 radical (unpaired) electrons. The molecule has 0 bridgehead atoms. The predicted molar refractivity (Wildman–Crippen MR) is 284 cm³/mol. The van der Waals surface area contributed by atoms with Gasteiger partial charge in [-0.05, 0) is 136 Å². The Balaban J connectivity index is 0.835. The Morgan fingerprint density at radius 2 is 1.01 bits per heavy atom. The quantitative estimate of drug-likeness (QED) is 0.166. The van der Waals surface area contributed by atoms with Gasteiger partial charge in [-0.3, -0.25) is 0 Å². The van der Waals surface area contributed by atoms with Gasteiger partial charge in [0.2, 0.25) is 0 Å². The van der Waals surface area contributed by atoms with Crippen LogP contribution in [0, 0.1) is 0 Å². The molecule has 0 saturated heterocycles. The van der Waals surface area contributed by atoms with E-state index in [9.17, 15) is 0 Å². The zero-order chi connectivity index (χ0) is 44.4. The highest BCUT2D eigenvalue weighted by Crippen LogP contribution is 2.51. The molecule has 0 amide bonds. The van der Waals surface area contributed by atoms with Crippen LogP contribution in [0.2, 0.25) is 0 Å². The molecule has 0 N–H and O–H groups in total. The first-order chi connectivity index (χ1) is 33.0. The first-order valence-electron chi connectivity index (χ1n) is 23.1. The molecule has 0 unspecified atom stereocenters. The van der Waals surface area contributed by atoms with Crippen LogP contribution in [-0.4, -0.2) is 4.57 Å². The first kappa shape index (κ1) is 38.1. The van der Waals surface area contributed by atoms with Crippen LogP contribution in [0.3, 0.4) is 0 Å². The van der Waals surface area contributed by atoms with Gasteiger partial charge in [-0.15, -0.1) is 11.3 Å². The monoisotopic (exact) mass is 874 g/mol. The summed E-state index contributed by atoms with van der Waals surface area (Å²) in [5, 5.41) is 7.26. The number of benzene rings is 10. The zero-order valence-corrected chi connectivity index (χ0v) is 37.8. The van der Waals surface area contributed by atoms with E-state index in [1.807, 2.05) is 17.4 Å². The van der Waals surface area contributed by atoms with Crippen LogP contribution in [0.15, 0.2) is 223 Å². The van der Waals surface area contributed by atoms with E-state index in [0.29, 0.717) is 0 Å². The van der Waals surface area contributed by atoms with Crippen molar-refractivity contribution in [1.29, 1.82) is 0 Å². The zero-order valence-electron chi connectivity index (χ0n) is 37.0. The van der Waals surface area contributed by atoms with E-state index in [-0.39, 0.29) is 5.41 Å². The average molecular weight is 875 g/mol. The van der Waals surface area contributed by atoms with Crippen LogP contribution in [0.4, 0.5) is 17.1 Å². The summed E-state index contributed by atoms with van der Waals surface area (Å²) in [7, 11) is 0. The fraction of sp³-hybridized carbons (Fsp3) is 0.0476. The van der Waals surface area contributed by atoms with E-state index in [1.165, 1.54) is 70.1 Å². The van der Waals surface area contributed by atoms with Crippen molar-refractivity contribution in [2.24, 2.45) is 0 Å². The van der Waals surface area contributed by atoms with E-state index in [1.54, 1.807) is 0 Å². The van der Waals surface area contributed by atoms with Crippen molar-refractivity contribution < 1.29 is 4.42 Å². The van der Waals surface area contributed by atoms with Crippen LogP contribution >= 0.6 is 11.3 Å². The van der Waals surface area contributed by atoms with Gasteiger partial charge in [0.05, 0.1) is 16.4 Å². The smallest absolute Gasteiger partial charge is 0.145 e. The second-order valence-electron chi connectivity index (χ2n) is 18.5. The minimum atomic E-state index is -0.114. The maximum atomic E-state index is 6.55. The maximum Gasteiger partial charge on any atom is 0.145 e. The summed E-state index contributed by atoms with van der Waals surface area (Å²) < 4.78 is 11.6. The standard InChI is InChI=1S/C63H42N2OS/c1-63(2)54-15-7-3-11-47(54)48-33-32-46(38-55(48)63)64(44-28-23-41(24-29-44)42-25-36-60-53(37-42)50-13-6-10-18-59(50)67-60)43-26-19-39(20-27-43)40-21-30-45(31-22-40)65-56-16-8-4-14-52(56)61-57(65)35-34-51-49-12-5-9-17-58(49)66-62(51)61/h3-38H,1-2H3. The predicted octanol–water partition coefficient (Wildman–Crippen LogP) is 18.2. The summed E-state index contributed by atoms with van der Waals surface area (Å²) >= 11 is 1.86. The van der Waals surface area contributed by atoms with Gasteiger partial charge in [-0.2, -0.15) is 0 Å². The molecule has 4 heteroatoms. The third-order valence-electron chi connectivity index (χ3n) is 14.4. The van der Waals surface area contributed by atoms with Crippen LogP contribution < -0.4 is 4.90 Å². The Morgan fingerprint density at radius 3 is 1.81 bits per heavy atom. The van der Waals surface area contributed by atoms with Crippen molar-refractivity contribution in [1.82, 2.24) is 4.57 Å². The summed E-state index contributed by atoms with van der Waals surface area (Å²) in [6.07, 6.45) is 0. The lowest BCUT2D eigenvalue weighted by Crippen LogP contribution is -2.16. The van der Waals surface area contributed by atoms with Crippen LogP contribution in [-0.2, 0) is 5.41 Å². The van der Waals surface area contributed by atoms with Gasteiger partial charge in [0, 0.05) is 64.5 Å². The van der Waals surface area contributed by atoms with Crippen molar-refractivity contribution >= 4 is 92.3 Å². The molecule has 3 nitrogen and oxygen atoms in total.